The van der Waals surface area contributed by atoms with Gasteiger partial charge in [-0.1, -0.05) is 49.4 Å². The molecule has 0 spiro atoms. The zero-order valence-electron chi connectivity index (χ0n) is 14.0. The molecule has 3 rings (SSSR count). The van der Waals surface area contributed by atoms with Crippen LogP contribution in [0.5, 0.6) is 5.75 Å². The summed E-state index contributed by atoms with van der Waals surface area (Å²) in [4.78, 5) is 4.63. The summed E-state index contributed by atoms with van der Waals surface area (Å²) in [6.45, 7) is 2.59. The highest BCUT2D eigenvalue weighted by Gasteiger charge is 2.07. The summed E-state index contributed by atoms with van der Waals surface area (Å²) in [7, 11) is 0. The lowest BCUT2D eigenvalue weighted by Crippen LogP contribution is -2.12. The van der Waals surface area contributed by atoms with Crippen LogP contribution in [0.15, 0.2) is 60.0 Å². The SMILES string of the molecule is CCC(C#N)Oc1cccc(CNc2nc(-c3ccccc3)cs2)c1. The van der Waals surface area contributed by atoms with Gasteiger partial charge in [0.15, 0.2) is 11.2 Å². The largest absolute Gasteiger partial charge is 0.476 e. The average Bonchev–Trinajstić information content (AvgIpc) is 3.14. The van der Waals surface area contributed by atoms with Crippen LogP contribution < -0.4 is 10.1 Å². The fraction of sp³-hybridized carbons (Fsp3) is 0.200. The zero-order chi connectivity index (χ0) is 17.5. The average molecular weight is 349 g/mol. The molecule has 0 aliphatic heterocycles. The standard InChI is InChI=1S/C20H19N3OS/c1-2-17(12-21)24-18-10-6-7-15(11-18)13-22-20-23-19(14-25-20)16-8-4-3-5-9-16/h3-11,14,17H,2,13H2,1H3,(H,22,23). The van der Waals surface area contributed by atoms with Crippen molar-refractivity contribution in [2.45, 2.75) is 26.0 Å². The maximum Gasteiger partial charge on any atom is 0.184 e. The van der Waals surface area contributed by atoms with Crippen LogP contribution in [-0.2, 0) is 6.54 Å². The van der Waals surface area contributed by atoms with Gasteiger partial charge in [-0.3, -0.25) is 0 Å². The molecule has 0 aliphatic rings. The molecule has 25 heavy (non-hydrogen) atoms. The van der Waals surface area contributed by atoms with Gasteiger partial charge in [0, 0.05) is 17.5 Å². The molecule has 1 aromatic heterocycles. The van der Waals surface area contributed by atoms with Gasteiger partial charge >= 0.3 is 0 Å². The number of aromatic nitrogens is 1. The van der Waals surface area contributed by atoms with Gasteiger partial charge in [0.1, 0.15) is 11.8 Å². The number of nitrogens with zero attached hydrogens (tertiary/aromatic N) is 2. The first-order valence-corrected chi connectivity index (χ1v) is 9.06. The molecule has 4 nitrogen and oxygen atoms in total. The van der Waals surface area contributed by atoms with Crippen LogP contribution in [0.1, 0.15) is 18.9 Å². The minimum absolute atomic E-state index is 0.407. The molecule has 1 N–H and O–H groups in total. The predicted octanol–water partition coefficient (Wildman–Crippen LogP) is 5.10. The highest BCUT2D eigenvalue weighted by atomic mass is 32.1. The molecule has 126 valence electrons. The summed E-state index contributed by atoms with van der Waals surface area (Å²) in [5.74, 6) is 0.719. The molecular weight excluding hydrogens is 330 g/mol. The number of benzene rings is 2. The van der Waals surface area contributed by atoms with E-state index in [2.05, 4.69) is 33.9 Å². The maximum absolute atomic E-state index is 9.01. The number of ether oxygens (including phenoxy) is 1. The Morgan fingerprint density at radius 2 is 2.04 bits per heavy atom. The molecule has 3 aromatic rings. The van der Waals surface area contributed by atoms with E-state index in [1.807, 2.05) is 49.4 Å². The fourth-order valence-corrected chi connectivity index (χ4v) is 3.09. The minimum atomic E-state index is -0.407. The van der Waals surface area contributed by atoms with Crippen LogP contribution in [0.25, 0.3) is 11.3 Å². The molecular formula is C20H19N3OS. The monoisotopic (exact) mass is 349 g/mol. The van der Waals surface area contributed by atoms with E-state index < -0.39 is 6.10 Å². The Balaban J connectivity index is 1.62. The first-order chi connectivity index (χ1) is 12.3. The second-order valence-electron chi connectivity index (χ2n) is 5.55. The van der Waals surface area contributed by atoms with Crippen LogP contribution in [0.3, 0.4) is 0 Å². The van der Waals surface area contributed by atoms with Gasteiger partial charge in [-0.25, -0.2) is 4.98 Å². The van der Waals surface area contributed by atoms with Crippen molar-refractivity contribution in [1.82, 2.24) is 4.98 Å². The third-order valence-corrected chi connectivity index (χ3v) is 4.51. The number of thiazole rings is 1. The normalized spacial score (nSPS) is 11.5. The second-order valence-corrected chi connectivity index (χ2v) is 6.41. The molecule has 0 radical (unpaired) electrons. The van der Waals surface area contributed by atoms with E-state index in [4.69, 9.17) is 10.00 Å². The number of rotatable bonds is 7. The molecule has 1 atom stereocenters. The van der Waals surface area contributed by atoms with Gasteiger partial charge in [0.2, 0.25) is 0 Å². The minimum Gasteiger partial charge on any atom is -0.476 e. The number of hydrogen-bond acceptors (Lipinski definition) is 5. The Hall–Kier alpha value is -2.84. The first kappa shape index (κ1) is 17.0. The van der Waals surface area contributed by atoms with Crippen molar-refractivity contribution in [2.24, 2.45) is 0 Å². The van der Waals surface area contributed by atoms with Crippen molar-refractivity contribution in [3.05, 3.63) is 65.5 Å². The molecule has 0 saturated carbocycles. The number of hydrogen-bond donors (Lipinski definition) is 1. The van der Waals surface area contributed by atoms with Crippen molar-refractivity contribution in [3.63, 3.8) is 0 Å². The number of nitriles is 1. The van der Waals surface area contributed by atoms with E-state index >= 15 is 0 Å². The lowest BCUT2D eigenvalue weighted by atomic mass is 10.2. The van der Waals surface area contributed by atoms with E-state index in [-0.39, 0.29) is 0 Å². The van der Waals surface area contributed by atoms with Crippen molar-refractivity contribution >= 4 is 16.5 Å². The third-order valence-electron chi connectivity index (χ3n) is 3.71. The third kappa shape index (κ3) is 4.59. The maximum atomic E-state index is 9.01. The van der Waals surface area contributed by atoms with E-state index in [0.29, 0.717) is 13.0 Å². The van der Waals surface area contributed by atoms with E-state index in [1.54, 1.807) is 11.3 Å². The van der Waals surface area contributed by atoms with Gasteiger partial charge in [-0.15, -0.1) is 11.3 Å². The lowest BCUT2D eigenvalue weighted by molar-refractivity contribution is 0.251. The van der Waals surface area contributed by atoms with Crippen molar-refractivity contribution in [3.8, 4) is 23.1 Å². The Kier molecular flexibility index (Phi) is 5.65. The first-order valence-electron chi connectivity index (χ1n) is 8.18. The molecule has 0 bridgehead atoms. The molecule has 0 fully saturated rings. The van der Waals surface area contributed by atoms with Gasteiger partial charge in [-0.05, 0) is 24.1 Å². The lowest BCUT2D eigenvalue weighted by Gasteiger charge is -2.11. The Bertz CT molecular complexity index is 855. The summed E-state index contributed by atoms with van der Waals surface area (Å²) >= 11 is 1.59. The molecule has 1 heterocycles. The smallest absolute Gasteiger partial charge is 0.184 e. The Morgan fingerprint density at radius 3 is 2.80 bits per heavy atom. The summed E-state index contributed by atoms with van der Waals surface area (Å²) in [5.41, 5.74) is 3.18. The zero-order valence-corrected chi connectivity index (χ0v) is 14.8. The highest BCUT2D eigenvalue weighted by Crippen LogP contribution is 2.25. The van der Waals surface area contributed by atoms with E-state index in [9.17, 15) is 0 Å². The van der Waals surface area contributed by atoms with Crippen LogP contribution in [0, 0.1) is 11.3 Å². The number of nitrogens with one attached hydrogen (secondary N) is 1. The highest BCUT2D eigenvalue weighted by molar-refractivity contribution is 7.14. The topological polar surface area (TPSA) is 57.9 Å². The second kappa shape index (κ2) is 8.32. The van der Waals surface area contributed by atoms with Crippen LogP contribution in [0.2, 0.25) is 0 Å². The van der Waals surface area contributed by atoms with Crippen LogP contribution in [0.4, 0.5) is 5.13 Å². The summed E-state index contributed by atoms with van der Waals surface area (Å²) in [6.07, 6.45) is 0.260. The van der Waals surface area contributed by atoms with Crippen molar-refractivity contribution < 1.29 is 4.74 Å². The predicted molar refractivity (Wildman–Crippen MR) is 102 cm³/mol. The van der Waals surface area contributed by atoms with Gasteiger partial charge in [0.05, 0.1) is 5.69 Å². The van der Waals surface area contributed by atoms with E-state index in [1.165, 1.54) is 0 Å². The Labute approximate surface area is 151 Å². The van der Waals surface area contributed by atoms with Gasteiger partial charge in [0.25, 0.3) is 0 Å². The molecule has 1 unspecified atom stereocenters. The molecule has 0 saturated heterocycles. The summed E-state index contributed by atoms with van der Waals surface area (Å²) < 4.78 is 5.67. The molecule has 2 aromatic carbocycles. The van der Waals surface area contributed by atoms with Gasteiger partial charge < -0.3 is 10.1 Å². The quantitative estimate of drug-likeness (QED) is 0.644. The Morgan fingerprint density at radius 1 is 1.20 bits per heavy atom. The van der Waals surface area contributed by atoms with Crippen molar-refractivity contribution in [1.29, 1.82) is 5.26 Å². The molecule has 0 amide bonds. The summed E-state index contributed by atoms with van der Waals surface area (Å²) in [6, 6.07) is 20.1. The fourth-order valence-electron chi connectivity index (χ4n) is 2.37. The number of anilines is 1. The summed E-state index contributed by atoms with van der Waals surface area (Å²) in [5, 5.41) is 15.3. The van der Waals surface area contributed by atoms with Crippen LogP contribution in [-0.4, -0.2) is 11.1 Å². The van der Waals surface area contributed by atoms with E-state index in [0.717, 1.165) is 27.7 Å². The van der Waals surface area contributed by atoms with Crippen molar-refractivity contribution in [2.75, 3.05) is 5.32 Å². The molecule has 0 aliphatic carbocycles. The molecule has 5 heteroatoms. The van der Waals surface area contributed by atoms with Gasteiger partial charge in [-0.2, -0.15) is 5.26 Å². The van der Waals surface area contributed by atoms with Crippen LogP contribution >= 0.6 is 11.3 Å².